The molecule has 0 spiro atoms. The molecule has 2 aliphatic rings. The molecule has 0 aliphatic carbocycles. The third-order valence-electron chi connectivity index (χ3n) is 4.24. The molecule has 4 heterocycles. The van der Waals surface area contributed by atoms with Crippen LogP contribution in [0.2, 0.25) is 0 Å². The standard InChI is InChI=1S/C13H17N4O5PS3/c1-2-6-9(22-23(24)25-3-4-26-23)8(18)12(21-6)17-5-14-7-10(17)15-13(20)16-11(7)19/h5-6,8-9,12,18H,2-4H2,1H3,(H2,15,16,19,20)/t6-,8-,9-,12-/m1/s1. The second-order valence-corrected chi connectivity index (χ2v) is 16.6. The van der Waals surface area contributed by atoms with Crippen molar-refractivity contribution in [3.05, 3.63) is 16.7 Å². The number of nitrogens with one attached hydrogen (secondary N) is 1. The Kier molecular flexibility index (Phi) is 5.10. The number of aliphatic hydroxyl groups is 1. The first-order chi connectivity index (χ1) is 12.4. The maximum atomic E-state index is 11.9. The number of imidazole rings is 1. The molecule has 2 saturated heterocycles. The number of nitrogens with zero attached hydrogens (tertiary/aromatic N) is 3. The van der Waals surface area contributed by atoms with Gasteiger partial charge in [0, 0.05) is 11.5 Å². The van der Waals surface area contributed by atoms with Gasteiger partial charge in [-0.2, -0.15) is 4.98 Å². The van der Waals surface area contributed by atoms with Crippen LogP contribution in [-0.2, 0) is 21.1 Å². The maximum absolute atomic E-state index is 11.9. The van der Waals surface area contributed by atoms with Gasteiger partial charge >= 0.3 is 0 Å². The molecule has 0 unspecified atom stereocenters. The highest BCUT2D eigenvalue weighted by molar-refractivity contribution is 9.00. The molecule has 13 heteroatoms. The maximum Gasteiger partial charge on any atom is 0.296 e. The van der Waals surface area contributed by atoms with Crippen LogP contribution in [0.25, 0.3) is 11.2 Å². The molecule has 2 aliphatic heterocycles. The molecule has 2 aromatic rings. The van der Waals surface area contributed by atoms with Gasteiger partial charge in [0.25, 0.3) is 11.6 Å². The van der Waals surface area contributed by atoms with E-state index in [4.69, 9.17) is 21.1 Å². The number of aromatic nitrogens is 4. The summed E-state index contributed by atoms with van der Waals surface area (Å²) >= 11 is 8.93. The Hall–Kier alpha value is -0.620. The monoisotopic (exact) mass is 436 g/mol. The van der Waals surface area contributed by atoms with E-state index >= 15 is 0 Å². The van der Waals surface area contributed by atoms with E-state index in [9.17, 15) is 15.0 Å². The number of hydrogen-bond acceptors (Lipinski definition) is 10. The first kappa shape index (κ1) is 18.7. The van der Waals surface area contributed by atoms with Gasteiger partial charge in [0.05, 0.1) is 12.4 Å². The number of hydrogen-bond donors (Lipinski definition) is 3. The summed E-state index contributed by atoms with van der Waals surface area (Å²) in [6.07, 6.45) is -0.737. The van der Waals surface area contributed by atoms with Crippen molar-refractivity contribution in [2.24, 2.45) is 0 Å². The molecule has 26 heavy (non-hydrogen) atoms. The van der Waals surface area contributed by atoms with Crippen molar-refractivity contribution in [1.82, 2.24) is 19.5 Å². The number of rotatable bonds is 4. The molecule has 9 nitrogen and oxygen atoms in total. The molecule has 0 saturated carbocycles. The van der Waals surface area contributed by atoms with Crippen LogP contribution in [-0.4, -0.2) is 59.5 Å². The van der Waals surface area contributed by atoms with Crippen molar-refractivity contribution >= 4 is 50.4 Å². The lowest BCUT2D eigenvalue weighted by atomic mass is 10.1. The highest BCUT2D eigenvalue weighted by Gasteiger charge is 2.48. The first-order valence-corrected chi connectivity index (χ1v) is 13.9. The predicted octanol–water partition coefficient (Wildman–Crippen LogP) is 1.58. The Morgan fingerprint density at radius 1 is 1.54 bits per heavy atom. The van der Waals surface area contributed by atoms with Crippen molar-refractivity contribution in [2.75, 3.05) is 11.5 Å². The van der Waals surface area contributed by atoms with Gasteiger partial charge in [-0.25, -0.2) is 4.98 Å². The molecule has 4 rings (SSSR count). The molecule has 142 valence electrons. The lowest BCUT2D eigenvalue weighted by Gasteiger charge is -2.25. The summed E-state index contributed by atoms with van der Waals surface area (Å²) in [4.78, 5) is 22.0. The van der Waals surface area contributed by atoms with Crippen LogP contribution >= 0.6 is 27.4 Å². The third kappa shape index (κ3) is 3.21. The second kappa shape index (κ2) is 7.08. The topological polar surface area (TPSA) is 122 Å². The number of ether oxygens (including phenoxy) is 1. The Labute approximate surface area is 161 Å². The van der Waals surface area contributed by atoms with E-state index in [1.807, 2.05) is 6.92 Å². The van der Waals surface area contributed by atoms with Gasteiger partial charge in [-0.3, -0.25) is 14.3 Å². The highest BCUT2D eigenvalue weighted by atomic mass is 33.2. The van der Waals surface area contributed by atoms with Crippen molar-refractivity contribution in [3.8, 4) is 6.01 Å². The summed E-state index contributed by atoms with van der Waals surface area (Å²) in [7, 11) is 0. The van der Waals surface area contributed by atoms with E-state index in [-0.39, 0.29) is 17.3 Å². The SMILES string of the molecule is CC[C@H]1O[C@@H](n2cnc3c(=O)[nH]c(O)nc32)[C@H](O)[C@@H]1OP1(=S)SCCS1. The van der Waals surface area contributed by atoms with Crippen molar-refractivity contribution in [1.29, 1.82) is 0 Å². The zero-order valence-corrected chi connectivity index (χ0v) is 17.0. The molecule has 4 atom stereocenters. The van der Waals surface area contributed by atoms with Gasteiger partial charge in [0.1, 0.15) is 12.2 Å². The fourth-order valence-corrected chi connectivity index (χ4v) is 12.4. The summed E-state index contributed by atoms with van der Waals surface area (Å²) in [6.45, 7) is 1.94. The molecule has 0 amide bonds. The Bertz CT molecular complexity index is 926. The third-order valence-corrected chi connectivity index (χ3v) is 14.0. The molecule has 3 N–H and O–H groups in total. The van der Waals surface area contributed by atoms with Gasteiger partial charge in [0.2, 0.25) is 0 Å². The summed E-state index contributed by atoms with van der Waals surface area (Å²) in [5.41, 5.74) is -0.365. The quantitative estimate of drug-likeness (QED) is 0.609. The Morgan fingerprint density at radius 3 is 2.96 bits per heavy atom. The number of aromatic hydroxyl groups is 1. The molecule has 0 radical (unpaired) electrons. The normalized spacial score (nSPS) is 31.0. The van der Waals surface area contributed by atoms with Gasteiger partial charge < -0.3 is 19.5 Å². The van der Waals surface area contributed by atoms with Crippen LogP contribution in [0.5, 0.6) is 6.01 Å². The molecule has 0 bridgehead atoms. The molecule has 2 fully saturated rings. The van der Waals surface area contributed by atoms with Crippen molar-refractivity contribution in [3.63, 3.8) is 0 Å². The summed E-state index contributed by atoms with van der Waals surface area (Å²) < 4.78 is 11.5. The van der Waals surface area contributed by atoms with Crippen molar-refractivity contribution < 1.29 is 19.5 Å². The zero-order valence-electron chi connectivity index (χ0n) is 13.6. The minimum Gasteiger partial charge on any atom is -0.480 e. The molecular weight excluding hydrogens is 419 g/mol. The molecular formula is C13H17N4O5PS3. The zero-order chi connectivity index (χ0) is 18.5. The van der Waals surface area contributed by atoms with Gasteiger partial charge in [-0.1, -0.05) is 29.7 Å². The molecule has 2 aromatic heterocycles. The van der Waals surface area contributed by atoms with Crippen LogP contribution in [0, 0.1) is 0 Å². The largest absolute Gasteiger partial charge is 0.480 e. The van der Waals surface area contributed by atoms with E-state index in [0.29, 0.717) is 6.42 Å². The van der Waals surface area contributed by atoms with E-state index in [2.05, 4.69) is 15.0 Å². The van der Waals surface area contributed by atoms with Crippen LogP contribution < -0.4 is 5.56 Å². The van der Waals surface area contributed by atoms with Crippen LogP contribution in [0.1, 0.15) is 19.6 Å². The van der Waals surface area contributed by atoms with Crippen molar-refractivity contribution in [2.45, 2.75) is 37.9 Å². The first-order valence-electron chi connectivity index (χ1n) is 7.99. The predicted molar refractivity (Wildman–Crippen MR) is 104 cm³/mol. The van der Waals surface area contributed by atoms with Gasteiger partial charge in [-0.15, -0.1) is 0 Å². The molecule has 0 aromatic carbocycles. The van der Waals surface area contributed by atoms with Crippen LogP contribution in [0.4, 0.5) is 0 Å². The van der Waals surface area contributed by atoms with Gasteiger partial charge in [-0.05, 0) is 18.2 Å². The number of fused-ring (bicyclic) bond motifs is 1. The van der Waals surface area contributed by atoms with E-state index < -0.39 is 34.7 Å². The lowest BCUT2D eigenvalue weighted by Crippen LogP contribution is -2.33. The van der Waals surface area contributed by atoms with Crippen LogP contribution in [0.15, 0.2) is 11.1 Å². The van der Waals surface area contributed by atoms with E-state index in [1.165, 1.54) is 10.9 Å². The van der Waals surface area contributed by atoms with E-state index in [1.54, 1.807) is 22.8 Å². The number of H-pyrrole nitrogens is 1. The van der Waals surface area contributed by atoms with E-state index in [0.717, 1.165) is 11.5 Å². The summed E-state index contributed by atoms with van der Waals surface area (Å²) in [6, 6.07) is -0.522. The average molecular weight is 436 g/mol. The minimum absolute atomic E-state index is 0.0603. The minimum atomic E-state index is -2.08. The smallest absolute Gasteiger partial charge is 0.296 e. The number of aliphatic hydroxyl groups excluding tert-OH is 1. The Balaban J connectivity index is 1.68. The average Bonchev–Trinajstić information content (AvgIpc) is 3.27. The fourth-order valence-electron chi connectivity index (χ4n) is 3.05. The highest BCUT2D eigenvalue weighted by Crippen LogP contribution is 2.75. The Morgan fingerprint density at radius 2 is 2.27 bits per heavy atom. The fraction of sp³-hybridized carbons (Fsp3) is 0.615. The van der Waals surface area contributed by atoms with Crippen LogP contribution in [0.3, 0.4) is 0 Å². The summed E-state index contributed by atoms with van der Waals surface area (Å²) in [5, 5.41) is 20.5. The summed E-state index contributed by atoms with van der Waals surface area (Å²) in [5.74, 6) is 1.90. The van der Waals surface area contributed by atoms with Gasteiger partial charge in [0.15, 0.2) is 22.1 Å². The lowest BCUT2D eigenvalue weighted by molar-refractivity contribution is -0.0355. The number of aromatic amines is 1. The second-order valence-electron chi connectivity index (χ2n) is 5.86.